The number of nitrogens with one attached hydrogen (secondary N) is 1. The van der Waals surface area contributed by atoms with Crippen molar-refractivity contribution in [3.05, 3.63) is 17.2 Å². The summed E-state index contributed by atoms with van der Waals surface area (Å²) in [5.74, 6) is 1.98. The Morgan fingerprint density at radius 2 is 2.11 bits per heavy atom. The van der Waals surface area contributed by atoms with Crippen LogP contribution in [-0.2, 0) is 24.3 Å². The van der Waals surface area contributed by atoms with E-state index in [1.165, 1.54) is 32.1 Å². The van der Waals surface area contributed by atoms with Gasteiger partial charge < -0.3 is 9.88 Å². The molecule has 1 aliphatic carbocycles. The molecule has 1 N–H and O–H groups in total. The number of rotatable bonds is 2. The Morgan fingerprint density at radius 3 is 2.89 bits per heavy atom. The first-order valence-corrected chi connectivity index (χ1v) is 7.05. The number of hydrogen-bond donors (Lipinski definition) is 1. The number of amides is 1. The summed E-state index contributed by atoms with van der Waals surface area (Å²) in [5, 5.41) is 2.87. The van der Waals surface area contributed by atoms with Gasteiger partial charge in [-0.3, -0.25) is 4.79 Å². The van der Waals surface area contributed by atoms with Crippen molar-refractivity contribution in [3.8, 4) is 0 Å². The van der Waals surface area contributed by atoms with E-state index >= 15 is 0 Å². The predicted molar refractivity (Wildman–Crippen MR) is 69.1 cm³/mol. The highest BCUT2D eigenvalue weighted by Gasteiger charge is 2.24. The summed E-state index contributed by atoms with van der Waals surface area (Å²) in [4.78, 5) is 16.1. The number of imidazole rings is 1. The molecule has 0 atom stereocenters. The fraction of sp³-hybridized carbons (Fsp3) is 0.714. The first-order valence-electron chi connectivity index (χ1n) is 7.05. The van der Waals surface area contributed by atoms with Gasteiger partial charge in [0.05, 0.1) is 24.4 Å². The highest BCUT2D eigenvalue weighted by molar-refractivity contribution is 5.79. The highest BCUT2D eigenvalue weighted by Crippen LogP contribution is 2.27. The Morgan fingerprint density at radius 1 is 1.33 bits per heavy atom. The molecule has 18 heavy (non-hydrogen) atoms. The third-order valence-electron chi connectivity index (χ3n) is 4.29. The van der Waals surface area contributed by atoms with Gasteiger partial charge in [0.1, 0.15) is 5.82 Å². The molecule has 2 heterocycles. The second-order valence-electron chi connectivity index (χ2n) is 5.62. The molecule has 0 radical (unpaired) electrons. The van der Waals surface area contributed by atoms with Crippen molar-refractivity contribution in [2.75, 3.05) is 0 Å². The van der Waals surface area contributed by atoms with E-state index in [-0.39, 0.29) is 5.91 Å². The second-order valence-corrected chi connectivity index (χ2v) is 5.62. The van der Waals surface area contributed by atoms with E-state index in [1.807, 2.05) is 0 Å². The van der Waals surface area contributed by atoms with Crippen molar-refractivity contribution in [2.24, 2.45) is 5.92 Å². The molecule has 2 aliphatic rings. The van der Waals surface area contributed by atoms with Gasteiger partial charge in [-0.25, -0.2) is 4.98 Å². The summed E-state index contributed by atoms with van der Waals surface area (Å²) in [5.41, 5.74) is 2.23. The molecular formula is C14H21N3O. The Labute approximate surface area is 108 Å². The monoisotopic (exact) mass is 247 g/mol. The Kier molecular flexibility index (Phi) is 3.10. The summed E-state index contributed by atoms with van der Waals surface area (Å²) in [6.45, 7) is 3.72. The van der Waals surface area contributed by atoms with E-state index in [0.29, 0.717) is 13.0 Å². The molecule has 1 amide bonds. The lowest BCUT2D eigenvalue weighted by Crippen LogP contribution is -2.31. The molecule has 0 unspecified atom stereocenters. The zero-order chi connectivity index (χ0) is 12.5. The molecule has 1 saturated carbocycles. The number of carbonyl (C=O) groups excluding carboxylic acids is 1. The molecule has 1 fully saturated rings. The quantitative estimate of drug-likeness (QED) is 0.868. The standard InChI is InChI=1S/C14H21N3O/c1-10-16-12-8-15-14(18)7-13(12)17(10)9-11-5-3-2-4-6-11/h11H,2-9H2,1H3,(H,15,18). The lowest BCUT2D eigenvalue weighted by Gasteiger charge is -2.24. The maximum absolute atomic E-state index is 11.5. The van der Waals surface area contributed by atoms with Gasteiger partial charge in [-0.2, -0.15) is 0 Å². The van der Waals surface area contributed by atoms with Crippen LogP contribution in [-0.4, -0.2) is 15.5 Å². The number of aromatic nitrogens is 2. The van der Waals surface area contributed by atoms with E-state index in [2.05, 4.69) is 21.8 Å². The summed E-state index contributed by atoms with van der Waals surface area (Å²) < 4.78 is 2.30. The van der Waals surface area contributed by atoms with Gasteiger partial charge in [0, 0.05) is 6.54 Å². The van der Waals surface area contributed by atoms with Crippen LogP contribution in [0.1, 0.15) is 49.3 Å². The topological polar surface area (TPSA) is 46.9 Å². The van der Waals surface area contributed by atoms with Gasteiger partial charge in [0.25, 0.3) is 0 Å². The molecule has 0 spiro atoms. The van der Waals surface area contributed by atoms with Crippen molar-refractivity contribution in [1.29, 1.82) is 0 Å². The van der Waals surface area contributed by atoms with E-state index in [1.54, 1.807) is 0 Å². The molecule has 3 rings (SSSR count). The van der Waals surface area contributed by atoms with Gasteiger partial charge in [-0.15, -0.1) is 0 Å². The van der Waals surface area contributed by atoms with Crippen molar-refractivity contribution >= 4 is 5.91 Å². The van der Waals surface area contributed by atoms with Crippen molar-refractivity contribution in [3.63, 3.8) is 0 Å². The average molecular weight is 247 g/mol. The van der Waals surface area contributed by atoms with E-state index in [4.69, 9.17) is 0 Å². The van der Waals surface area contributed by atoms with E-state index in [9.17, 15) is 4.79 Å². The molecule has 4 heteroatoms. The third-order valence-corrected chi connectivity index (χ3v) is 4.29. The molecule has 98 valence electrons. The Balaban J connectivity index is 1.82. The number of fused-ring (bicyclic) bond motifs is 1. The minimum atomic E-state index is 0.132. The smallest absolute Gasteiger partial charge is 0.226 e. The van der Waals surface area contributed by atoms with Crippen LogP contribution in [0.3, 0.4) is 0 Å². The maximum Gasteiger partial charge on any atom is 0.226 e. The Hall–Kier alpha value is -1.32. The normalized spacial score (nSPS) is 20.6. The number of aryl methyl sites for hydroxylation is 1. The van der Waals surface area contributed by atoms with Crippen molar-refractivity contribution in [1.82, 2.24) is 14.9 Å². The van der Waals surface area contributed by atoms with Crippen LogP contribution >= 0.6 is 0 Å². The second kappa shape index (κ2) is 4.75. The van der Waals surface area contributed by atoms with Crippen LogP contribution < -0.4 is 5.32 Å². The van der Waals surface area contributed by atoms with Gasteiger partial charge in [0.15, 0.2) is 0 Å². The molecule has 4 nitrogen and oxygen atoms in total. The van der Waals surface area contributed by atoms with Crippen molar-refractivity contribution in [2.45, 2.75) is 58.5 Å². The minimum Gasteiger partial charge on any atom is -0.350 e. The fourth-order valence-electron chi connectivity index (χ4n) is 3.28. The van der Waals surface area contributed by atoms with Crippen LogP contribution in [0.5, 0.6) is 0 Å². The van der Waals surface area contributed by atoms with Crippen LogP contribution in [0.4, 0.5) is 0 Å². The van der Waals surface area contributed by atoms with Crippen LogP contribution in [0.2, 0.25) is 0 Å². The molecule has 0 aromatic carbocycles. The zero-order valence-electron chi connectivity index (χ0n) is 11.0. The first-order chi connectivity index (χ1) is 8.74. The van der Waals surface area contributed by atoms with Gasteiger partial charge in [-0.05, 0) is 25.7 Å². The highest BCUT2D eigenvalue weighted by atomic mass is 16.1. The van der Waals surface area contributed by atoms with Crippen LogP contribution in [0.25, 0.3) is 0 Å². The lowest BCUT2D eigenvalue weighted by molar-refractivity contribution is -0.121. The lowest BCUT2D eigenvalue weighted by atomic mass is 9.89. The molecule has 1 aromatic rings. The van der Waals surface area contributed by atoms with Crippen molar-refractivity contribution < 1.29 is 4.79 Å². The molecule has 0 saturated heterocycles. The average Bonchev–Trinajstić information content (AvgIpc) is 2.67. The van der Waals surface area contributed by atoms with Gasteiger partial charge >= 0.3 is 0 Å². The van der Waals surface area contributed by atoms with Crippen LogP contribution in [0, 0.1) is 12.8 Å². The molecule has 1 aromatic heterocycles. The van der Waals surface area contributed by atoms with E-state index < -0.39 is 0 Å². The number of hydrogen-bond acceptors (Lipinski definition) is 2. The third kappa shape index (κ3) is 2.16. The molecule has 1 aliphatic heterocycles. The van der Waals surface area contributed by atoms with Gasteiger partial charge in [0.2, 0.25) is 5.91 Å². The van der Waals surface area contributed by atoms with Gasteiger partial charge in [-0.1, -0.05) is 19.3 Å². The number of carbonyl (C=O) groups is 1. The largest absolute Gasteiger partial charge is 0.350 e. The molecule has 0 bridgehead atoms. The predicted octanol–water partition coefficient (Wildman–Crippen LogP) is 1.94. The SMILES string of the molecule is Cc1nc2c(n1CC1CCCCC1)CC(=O)NC2. The molecular weight excluding hydrogens is 226 g/mol. The fourth-order valence-corrected chi connectivity index (χ4v) is 3.28. The van der Waals surface area contributed by atoms with Crippen LogP contribution in [0.15, 0.2) is 0 Å². The summed E-state index contributed by atoms with van der Waals surface area (Å²) in [6, 6.07) is 0. The summed E-state index contributed by atoms with van der Waals surface area (Å²) in [6.07, 6.45) is 7.28. The number of nitrogens with zero attached hydrogens (tertiary/aromatic N) is 2. The first kappa shape index (κ1) is 11.8. The maximum atomic E-state index is 11.5. The summed E-state index contributed by atoms with van der Waals surface area (Å²) in [7, 11) is 0. The zero-order valence-corrected chi connectivity index (χ0v) is 11.0. The van der Waals surface area contributed by atoms with E-state index in [0.717, 1.165) is 29.7 Å². The minimum absolute atomic E-state index is 0.132. The summed E-state index contributed by atoms with van der Waals surface area (Å²) >= 11 is 0. The Bertz CT molecular complexity index is 458.